The first-order chi connectivity index (χ1) is 19.4. The van der Waals surface area contributed by atoms with Gasteiger partial charge in [0.2, 0.25) is 11.8 Å². The van der Waals surface area contributed by atoms with Gasteiger partial charge < -0.3 is 10.2 Å². The summed E-state index contributed by atoms with van der Waals surface area (Å²) < 4.78 is 42.3. The molecule has 220 valence electrons. The molecule has 3 aromatic carbocycles. The Morgan fingerprint density at radius 3 is 2.05 bits per heavy atom. The van der Waals surface area contributed by atoms with Gasteiger partial charge in [0.05, 0.1) is 5.69 Å². The number of halogens is 1. The van der Waals surface area contributed by atoms with Crippen LogP contribution in [0.25, 0.3) is 0 Å². The maximum absolute atomic E-state index is 14.2. The molecule has 0 aliphatic heterocycles. The van der Waals surface area contributed by atoms with Gasteiger partial charge in [-0.1, -0.05) is 74.0 Å². The molecular weight excluding hydrogens is 543 g/mol. The molecule has 0 saturated carbocycles. The molecule has 0 heterocycles. The number of hydrogen-bond donors (Lipinski definition) is 1. The normalized spacial score (nSPS) is 12.3. The van der Waals surface area contributed by atoms with E-state index in [1.54, 1.807) is 0 Å². The molecule has 0 aliphatic carbocycles. The number of rotatable bonds is 13. The molecule has 3 rings (SSSR count). The van der Waals surface area contributed by atoms with Gasteiger partial charge in [0.15, 0.2) is 0 Å². The maximum Gasteiger partial charge on any atom is 0.304 e. The monoisotopic (exact) mass is 582 g/mol. The SMILES string of the molecule is Cc1ccc(CN(C(=O)CN(c2ccc(F)cc2)S(=O)(=O)N(C)C)C(Cc2ccccc2)C(=O)NCC(C)C)cc1. The summed E-state index contributed by atoms with van der Waals surface area (Å²) in [6, 6.07) is 21.0. The highest BCUT2D eigenvalue weighted by molar-refractivity contribution is 7.90. The zero-order chi connectivity index (χ0) is 30.2. The highest BCUT2D eigenvalue weighted by Crippen LogP contribution is 2.22. The van der Waals surface area contributed by atoms with E-state index in [-0.39, 0.29) is 30.5 Å². The van der Waals surface area contributed by atoms with Gasteiger partial charge in [-0.3, -0.25) is 9.59 Å². The third kappa shape index (κ3) is 8.86. The first-order valence-electron chi connectivity index (χ1n) is 13.5. The summed E-state index contributed by atoms with van der Waals surface area (Å²) in [6.07, 6.45) is 0.235. The molecule has 8 nitrogen and oxygen atoms in total. The third-order valence-electron chi connectivity index (χ3n) is 6.56. The lowest BCUT2D eigenvalue weighted by Gasteiger charge is -2.34. The smallest absolute Gasteiger partial charge is 0.304 e. The van der Waals surface area contributed by atoms with Crippen molar-refractivity contribution in [3.8, 4) is 0 Å². The van der Waals surface area contributed by atoms with Crippen LogP contribution in [0.3, 0.4) is 0 Å². The highest BCUT2D eigenvalue weighted by Gasteiger charge is 2.34. The molecule has 0 aromatic heterocycles. The summed E-state index contributed by atoms with van der Waals surface area (Å²) in [7, 11) is -1.42. The second-order valence-electron chi connectivity index (χ2n) is 10.6. The van der Waals surface area contributed by atoms with Gasteiger partial charge in [-0.25, -0.2) is 8.70 Å². The molecule has 41 heavy (non-hydrogen) atoms. The second-order valence-corrected chi connectivity index (χ2v) is 12.7. The fourth-order valence-electron chi connectivity index (χ4n) is 4.19. The van der Waals surface area contributed by atoms with E-state index in [0.717, 1.165) is 37.4 Å². The first kappa shape index (κ1) is 31.8. The van der Waals surface area contributed by atoms with E-state index in [4.69, 9.17) is 0 Å². The predicted molar refractivity (Wildman–Crippen MR) is 160 cm³/mol. The molecule has 1 N–H and O–H groups in total. The van der Waals surface area contributed by atoms with Gasteiger partial charge in [0.1, 0.15) is 18.4 Å². The molecule has 1 atom stereocenters. The summed E-state index contributed by atoms with van der Waals surface area (Å²) in [5, 5.41) is 2.96. The summed E-state index contributed by atoms with van der Waals surface area (Å²) in [6.45, 7) is 5.85. The first-order valence-corrected chi connectivity index (χ1v) is 14.9. The van der Waals surface area contributed by atoms with Gasteiger partial charge in [0.25, 0.3) is 0 Å². The third-order valence-corrected chi connectivity index (χ3v) is 8.38. The van der Waals surface area contributed by atoms with Gasteiger partial charge >= 0.3 is 10.2 Å². The van der Waals surface area contributed by atoms with E-state index in [9.17, 15) is 22.4 Å². The number of anilines is 1. The van der Waals surface area contributed by atoms with Crippen molar-refractivity contribution in [3.05, 3.63) is 101 Å². The molecule has 0 fully saturated rings. The molecule has 0 radical (unpaired) electrons. The van der Waals surface area contributed by atoms with E-state index in [0.29, 0.717) is 6.54 Å². The minimum Gasteiger partial charge on any atom is -0.354 e. The van der Waals surface area contributed by atoms with Crippen LogP contribution in [0.1, 0.15) is 30.5 Å². The van der Waals surface area contributed by atoms with Crippen LogP contribution >= 0.6 is 0 Å². The van der Waals surface area contributed by atoms with Crippen LogP contribution in [0.5, 0.6) is 0 Å². The van der Waals surface area contributed by atoms with Crippen LogP contribution in [0.15, 0.2) is 78.9 Å². The Kier molecular flexibility index (Phi) is 11.0. The van der Waals surface area contributed by atoms with Crippen LogP contribution in [0, 0.1) is 18.7 Å². The summed E-state index contributed by atoms with van der Waals surface area (Å²) in [5.74, 6) is -1.24. The van der Waals surface area contributed by atoms with Gasteiger partial charge in [-0.2, -0.15) is 12.7 Å². The molecule has 3 aromatic rings. The molecular formula is C31H39FN4O4S. The van der Waals surface area contributed by atoms with Crippen molar-refractivity contribution in [1.82, 2.24) is 14.5 Å². The van der Waals surface area contributed by atoms with Crippen molar-refractivity contribution in [2.75, 3.05) is 31.5 Å². The fraction of sp³-hybridized carbons (Fsp3) is 0.355. The van der Waals surface area contributed by atoms with E-state index >= 15 is 0 Å². The van der Waals surface area contributed by atoms with E-state index in [1.807, 2.05) is 75.4 Å². The van der Waals surface area contributed by atoms with Crippen molar-refractivity contribution in [2.45, 2.75) is 39.8 Å². The van der Waals surface area contributed by atoms with Crippen molar-refractivity contribution in [3.63, 3.8) is 0 Å². The lowest BCUT2D eigenvalue weighted by Crippen LogP contribution is -2.54. The Hall–Kier alpha value is -3.76. The average molecular weight is 583 g/mol. The number of carbonyl (C=O) groups is 2. The van der Waals surface area contributed by atoms with Gasteiger partial charge in [-0.05, 0) is 48.2 Å². The number of carbonyl (C=O) groups excluding carboxylic acids is 2. The van der Waals surface area contributed by atoms with Crippen LogP contribution < -0.4 is 9.62 Å². The standard InChI is InChI=1S/C31H39FN4O4S/c1-23(2)20-33-31(38)29(19-25-9-7-6-8-10-25)35(21-26-13-11-24(3)12-14-26)30(37)22-36(41(39,40)34(4)5)28-17-15-27(32)16-18-28/h6-18,23,29H,19-22H2,1-5H3,(H,33,38). The number of benzene rings is 3. The summed E-state index contributed by atoms with van der Waals surface area (Å²) in [4.78, 5) is 29.2. The van der Waals surface area contributed by atoms with Crippen LogP contribution in [-0.4, -0.2) is 62.7 Å². The molecule has 2 amide bonds. The topological polar surface area (TPSA) is 90.0 Å². The zero-order valence-corrected chi connectivity index (χ0v) is 25.1. The molecule has 1 unspecified atom stereocenters. The fourth-order valence-corrected chi connectivity index (χ4v) is 5.25. The Morgan fingerprint density at radius 1 is 0.878 bits per heavy atom. The predicted octanol–water partition coefficient (Wildman–Crippen LogP) is 4.16. The van der Waals surface area contributed by atoms with E-state index in [2.05, 4.69) is 5.32 Å². The lowest BCUT2D eigenvalue weighted by atomic mass is 10.0. The molecule has 0 spiro atoms. The maximum atomic E-state index is 14.2. The number of nitrogens with one attached hydrogen (secondary N) is 1. The number of aryl methyl sites for hydroxylation is 1. The minimum atomic E-state index is -4.14. The minimum absolute atomic E-state index is 0.0883. The Labute approximate surface area is 243 Å². The lowest BCUT2D eigenvalue weighted by molar-refractivity contribution is -0.140. The van der Waals surface area contributed by atoms with Crippen molar-refractivity contribution < 1.29 is 22.4 Å². The molecule has 10 heteroatoms. The second kappa shape index (κ2) is 14.2. The highest BCUT2D eigenvalue weighted by atomic mass is 32.2. The van der Waals surface area contributed by atoms with Crippen LogP contribution in [0.2, 0.25) is 0 Å². The summed E-state index contributed by atoms with van der Waals surface area (Å²) in [5.41, 5.74) is 2.83. The van der Waals surface area contributed by atoms with Crippen LogP contribution in [0.4, 0.5) is 10.1 Å². The zero-order valence-electron chi connectivity index (χ0n) is 24.2. The summed E-state index contributed by atoms with van der Waals surface area (Å²) >= 11 is 0. The quantitative estimate of drug-likeness (QED) is 0.328. The van der Waals surface area contributed by atoms with Crippen LogP contribution in [-0.2, 0) is 32.8 Å². The van der Waals surface area contributed by atoms with E-state index in [1.165, 1.54) is 31.1 Å². The van der Waals surface area contributed by atoms with Gasteiger partial charge in [0, 0.05) is 33.6 Å². The van der Waals surface area contributed by atoms with Crippen molar-refractivity contribution in [1.29, 1.82) is 0 Å². The number of nitrogens with zero attached hydrogens (tertiary/aromatic N) is 3. The van der Waals surface area contributed by atoms with Crippen molar-refractivity contribution >= 4 is 27.7 Å². The number of amides is 2. The largest absolute Gasteiger partial charge is 0.354 e. The average Bonchev–Trinajstić information content (AvgIpc) is 2.94. The Balaban J connectivity index is 2.07. The Bertz CT molecular complexity index is 1400. The molecule has 0 bridgehead atoms. The molecule has 0 saturated heterocycles. The van der Waals surface area contributed by atoms with Gasteiger partial charge in [-0.15, -0.1) is 0 Å². The number of hydrogen-bond acceptors (Lipinski definition) is 4. The van der Waals surface area contributed by atoms with E-state index < -0.39 is 34.5 Å². The Morgan fingerprint density at radius 2 is 1.49 bits per heavy atom. The molecule has 0 aliphatic rings. The van der Waals surface area contributed by atoms with Crippen molar-refractivity contribution in [2.24, 2.45) is 5.92 Å².